The Hall–Kier alpha value is -3.19. The number of rotatable bonds is 4. The van der Waals surface area contributed by atoms with Crippen LogP contribution in [-0.2, 0) is 0 Å². The smallest absolute Gasteiger partial charge is 0.287 e. The Bertz CT molecular complexity index is 1110. The molecule has 0 radical (unpaired) electrons. The van der Waals surface area contributed by atoms with Gasteiger partial charge in [0.15, 0.2) is 5.76 Å². The maximum atomic E-state index is 12.6. The van der Waals surface area contributed by atoms with E-state index in [1.54, 1.807) is 24.3 Å². The molecule has 138 valence electrons. The number of furan rings is 1. The zero-order chi connectivity index (χ0) is 19.3. The van der Waals surface area contributed by atoms with Gasteiger partial charge >= 0.3 is 0 Å². The van der Waals surface area contributed by atoms with Crippen molar-refractivity contribution in [3.05, 3.63) is 47.2 Å². The zero-order valence-corrected chi connectivity index (χ0v) is 15.3. The molecule has 0 unspecified atom stereocenters. The Morgan fingerprint density at radius 2 is 1.85 bits per heavy atom. The summed E-state index contributed by atoms with van der Waals surface area (Å²) in [6, 6.07) is 8.59. The fraction of sp³-hybridized carbons (Fsp3) is 0.250. The van der Waals surface area contributed by atoms with Crippen LogP contribution in [0.5, 0.6) is 0 Å². The number of imide groups is 1. The van der Waals surface area contributed by atoms with Gasteiger partial charge < -0.3 is 14.6 Å². The highest BCUT2D eigenvalue weighted by atomic mass is 16.3. The van der Waals surface area contributed by atoms with Gasteiger partial charge in [0.05, 0.1) is 5.56 Å². The van der Waals surface area contributed by atoms with Crippen molar-refractivity contribution in [2.24, 2.45) is 0 Å². The van der Waals surface area contributed by atoms with Crippen molar-refractivity contribution in [3.8, 4) is 0 Å². The van der Waals surface area contributed by atoms with Crippen LogP contribution in [0.1, 0.15) is 31.3 Å². The first-order valence-electron chi connectivity index (χ1n) is 8.63. The standard InChI is InChI=1S/C20H19N3O4/c1-22(2)8-7-21-18(24)16-9-13-11-5-4-6-12-17(11)14(10-15(13)27-16)20(26)23(3)19(12)25/h4-6,9-10H,7-8H2,1-3H3,(H,21,24). The molecule has 3 aromatic rings. The number of benzene rings is 2. The number of hydrogen-bond acceptors (Lipinski definition) is 5. The largest absolute Gasteiger partial charge is 0.451 e. The van der Waals surface area contributed by atoms with E-state index < -0.39 is 0 Å². The average molecular weight is 365 g/mol. The zero-order valence-electron chi connectivity index (χ0n) is 15.3. The SMILES string of the molecule is CN(C)CCNC(=O)c1cc2c(cc3c4c(cccc42)C(=O)N(C)C3=O)o1. The van der Waals surface area contributed by atoms with Gasteiger partial charge in [0.1, 0.15) is 5.58 Å². The van der Waals surface area contributed by atoms with Gasteiger partial charge in [-0.25, -0.2) is 0 Å². The second-order valence-corrected chi connectivity index (χ2v) is 6.90. The molecule has 0 fully saturated rings. The maximum absolute atomic E-state index is 12.6. The van der Waals surface area contributed by atoms with E-state index in [4.69, 9.17) is 4.42 Å². The van der Waals surface area contributed by atoms with Crippen molar-refractivity contribution in [2.45, 2.75) is 0 Å². The highest BCUT2D eigenvalue weighted by Gasteiger charge is 2.31. The summed E-state index contributed by atoms with van der Waals surface area (Å²) < 4.78 is 5.73. The molecule has 0 atom stereocenters. The van der Waals surface area contributed by atoms with Gasteiger partial charge in [0.25, 0.3) is 17.7 Å². The van der Waals surface area contributed by atoms with Crippen LogP contribution in [0.25, 0.3) is 21.7 Å². The number of carbonyl (C=O) groups is 3. The number of hydrogen-bond donors (Lipinski definition) is 1. The molecular formula is C20H19N3O4. The van der Waals surface area contributed by atoms with Crippen molar-refractivity contribution < 1.29 is 18.8 Å². The third-order valence-electron chi connectivity index (χ3n) is 4.80. The van der Waals surface area contributed by atoms with Gasteiger partial charge in [-0.05, 0) is 37.7 Å². The van der Waals surface area contributed by atoms with Crippen LogP contribution in [0, 0.1) is 0 Å². The molecule has 1 N–H and O–H groups in total. The lowest BCUT2D eigenvalue weighted by atomic mass is 9.92. The van der Waals surface area contributed by atoms with Crippen LogP contribution in [-0.4, -0.2) is 61.8 Å². The van der Waals surface area contributed by atoms with Gasteiger partial charge in [0, 0.05) is 36.5 Å². The number of amides is 3. The summed E-state index contributed by atoms with van der Waals surface area (Å²) in [5.74, 6) is -0.839. The van der Waals surface area contributed by atoms with Gasteiger partial charge in [0.2, 0.25) is 0 Å². The van der Waals surface area contributed by atoms with Crippen LogP contribution in [0.2, 0.25) is 0 Å². The van der Waals surface area contributed by atoms with Crippen LogP contribution in [0.15, 0.2) is 34.7 Å². The van der Waals surface area contributed by atoms with Gasteiger partial charge in [-0.3, -0.25) is 19.3 Å². The van der Waals surface area contributed by atoms with Crippen molar-refractivity contribution in [1.82, 2.24) is 15.1 Å². The normalized spacial score (nSPS) is 13.9. The maximum Gasteiger partial charge on any atom is 0.287 e. The topological polar surface area (TPSA) is 82.9 Å². The fourth-order valence-corrected chi connectivity index (χ4v) is 3.39. The highest BCUT2D eigenvalue weighted by molar-refractivity contribution is 6.29. The summed E-state index contributed by atoms with van der Waals surface area (Å²) in [6.45, 7) is 1.21. The molecule has 0 spiro atoms. The summed E-state index contributed by atoms with van der Waals surface area (Å²) in [7, 11) is 5.31. The van der Waals surface area contributed by atoms with E-state index in [-0.39, 0.29) is 23.5 Å². The van der Waals surface area contributed by atoms with E-state index in [9.17, 15) is 14.4 Å². The third kappa shape index (κ3) is 2.67. The predicted octanol–water partition coefficient (Wildman–Crippen LogP) is 2.10. The molecule has 0 saturated carbocycles. The predicted molar refractivity (Wildman–Crippen MR) is 101 cm³/mol. The lowest BCUT2D eigenvalue weighted by Crippen LogP contribution is -2.36. The van der Waals surface area contributed by atoms with Gasteiger partial charge in [-0.15, -0.1) is 0 Å². The number of carbonyl (C=O) groups excluding carboxylic acids is 3. The Labute approximate surface area is 155 Å². The van der Waals surface area contributed by atoms with E-state index in [0.717, 1.165) is 10.3 Å². The first-order valence-corrected chi connectivity index (χ1v) is 8.63. The molecule has 4 rings (SSSR count). The van der Waals surface area contributed by atoms with Crippen molar-refractivity contribution in [1.29, 1.82) is 0 Å². The summed E-state index contributed by atoms with van der Waals surface area (Å²) in [6.07, 6.45) is 0. The van der Waals surface area contributed by atoms with E-state index in [2.05, 4.69) is 5.32 Å². The molecule has 0 aliphatic carbocycles. The second kappa shape index (κ2) is 6.21. The number of fused-ring (bicyclic) bond motifs is 2. The molecule has 2 aromatic carbocycles. The van der Waals surface area contributed by atoms with E-state index in [0.29, 0.717) is 40.6 Å². The minimum atomic E-state index is -0.376. The van der Waals surface area contributed by atoms with E-state index in [1.165, 1.54) is 7.05 Å². The van der Waals surface area contributed by atoms with Crippen LogP contribution >= 0.6 is 0 Å². The summed E-state index contributed by atoms with van der Waals surface area (Å²) >= 11 is 0. The molecular weight excluding hydrogens is 346 g/mol. The Kier molecular flexibility index (Phi) is 3.96. The van der Waals surface area contributed by atoms with Gasteiger partial charge in [-0.1, -0.05) is 12.1 Å². The summed E-state index contributed by atoms with van der Waals surface area (Å²) in [5.41, 5.74) is 1.33. The lowest BCUT2D eigenvalue weighted by molar-refractivity contribution is 0.0650. The van der Waals surface area contributed by atoms with Crippen LogP contribution in [0.3, 0.4) is 0 Å². The number of nitrogens with one attached hydrogen (secondary N) is 1. The number of nitrogens with zero attached hydrogens (tertiary/aromatic N) is 2. The summed E-state index contributed by atoms with van der Waals surface area (Å²) in [4.78, 5) is 40.5. The van der Waals surface area contributed by atoms with Gasteiger partial charge in [-0.2, -0.15) is 0 Å². The highest BCUT2D eigenvalue weighted by Crippen LogP contribution is 2.36. The monoisotopic (exact) mass is 365 g/mol. The van der Waals surface area contributed by atoms with Crippen LogP contribution in [0.4, 0.5) is 0 Å². The summed E-state index contributed by atoms with van der Waals surface area (Å²) in [5, 5.41) is 4.86. The first-order chi connectivity index (χ1) is 12.9. The van der Waals surface area contributed by atoms with E-state index >= 15 is 0 Å². The third-order valence-corrected chi connectivity index (χ3v) is 4.80. The molecule has 7 nitrogen and oxygen atoms in total. The van der Waals surface area contributed by atoms with Crippen molar-refractivity contribution in [2.75, 3.05) is 34.2 Å². The molecule has 1 aromatic heterocycles. The Morgan fingerprint density at radius 3 is 2.59 bits per heavy atom. The van der Waals surface area contributed by atoms with Crippen LogP contribution < -0.4 is 5.32 Å². The Balaban J connectivity index is 1.84. The molecule has 2 heterocycles. The fourth-order valence-electron chi connectivity index (χ4n) is 3.39. The minimum absolute atomic E-state index is 0.180. The second-order valence-electron chi connectivity index (χ2n) is 6.90. The average Bonchev–Trinajstić information content (AvgIpc) is 3.08. The first kappa shape index (κ1) is 17.2. The molecule has 0 saturated heterocycles. The lowest BCUT2D eigenvalue weighted by Gasteiger charge is -2.23. The molecule has 0 bridgehead atoms. The van der Waals surface area contributed by atoms with E-state index in [1.807, 2.05) is 25.1 Å². The molecule has 1 aliphatic heterocycles. The quantitative estimate of drug-likeness (QED) is 0.716. The van der Waals surface area contributed by atoms with Crippen molar-refractivity contribution in [3.63, 3.8) is 0 Å². The Morgan fingerprint density at radius 1 is 1.11 bits per heavy atom. The molecule has 27 heavy (non-hydrogen) atoms. The van der Waals surface area contributed by atoms with Crippen molar-refractivity contribution >= 4 is 39.5 Å². The number of likely N-dealkylation sites (N-methyl/N-ethyl adjacent to an activating group) is 1. The molecule has 7 heteroatoms. The minimum Gasteiger partial charge on any atom is -0.451 e. The molecule has 1 aliphatic rings. The molecule has 3 amide bonds.